The number of aliphatic imine (C=N–C) groups is 1. The molecule has 0 bridgehead atoms. The summed E-state index contributed by atoms with van der Waals surface area (Å²) in [6.45, 7) is 4.49. The van der Waals surface area contributed by atoms with Gasteiger partial charge in [0.25, 0.3) is 0 Å². The minimum absolute atomic E-state index is 0.225. The molecular weight excluding hydrogens is 332 g/mol. The van der Waals surface area contributed by atoms with Crippen molar-refractivity contribution >= 4 is 38.5 Å². The van der Waals surface area contributed by atoms with E-state index in [1.54, 1.807) is 0 Å². The van der Waals surface area contributed by atoms with Crippen molar-refractivity contribution in [2.75, 3.05) is 11.1 Å². The van der Waals surface area contributed by atoms with Crippen LogP contribution in [-0.2, 0) is 0 Å². The van der Waals surface area contributed by atoms with Crippen molar-refractivity contribution in [3.05, 3.63) is 28.2 Å². The van der Waals surface area contributed by atoms with Gasteiger partial charge in [-0.15, -0.1) is 0 Å². The molecule has 1 aromatic carbocycles. The summed E-state index contributed by atoms with van der Waals surface area (Å²) in [4.78, 5) is 5.03. The minimum Gasteiger partial charge on any atom is -0.335 e. The van der Waals surface area contributed by atoms with Gasteiger partial charge < -0.3 is 5.32 Å². The van der Waals surface area contributed by atoms with E-state index in [0.717, 1.165) is 21.3 Å². The summed E-state index contributed by atoms with van der Waals surface area (Å²) >= 11 is 5.39. The van der Waals surface area contributed by atoms with Crippen molar-refractivity contribution in [1.29, 1.82) is 0 Å². The topological polar surface area (TPSA) is 24.4 Å². The summed E-state index contributed by atoms with van der Waals surface area (Å²) in [5.41, 5.74) is 2.64. The highest BCUT2D eigenvalue weighted by Gasteiger charge is 2.38. The second-order valence-corrected chi connectivity index (χ2v) is 8.08. The van der Waals surface area contributed by atoms with Crippen molar-refractivity contribution < 1.29 is 0 Å². The van der Waals surface area contributed by atoms with Gasteiger partial charge in [0.05, 0.1) is 5.54 Å². The van der Waals surface area contributed by atoms with E-state index in [0.29, 0.717) is 0 Å². The summed E-state index contributed by atoms with van der Waals surface area (Å²) in [5.74, 6) is 2.03. The normalized spacial score (nSPS) is 29.6. The molecule has 0 aromatic heterocycles. The van der Waals surface area contributed by atoms with Crippen molar-refractivity contribution in [1.82, 2.24) is 0 Å². The number of benzene rings is 1. The van der Waals surface area contributed by atoms with Crippen LogP contribution in [0.5, 0.6) is 0 Å². The molecule has 1 aliphatic carbocycles. The molecule has 3 rings (SSSR count). The average molecular weight is 353 g/mol. The molecule has 1 saturated carbocycles. The first-order valence-corrected chi connectivity index (χ1v) is 9.10. The molecule has 20 heavy (non-hydrogen) atoms. The van der Waals surface area contributed by atoms with Gasteiger partial charge in [-0.05, 0) is 62.3 Å². The zero-order valence-corrected chi connectivity index (χ0v) is 14.5. The number of nitrogens with zero attached hydrogens (tertiary/aromatic N) is 1. The van der Waals surface area contributed by atoms with Crippen LogP contribution in [0.1, 0.15) is 38.2 Å². The molecule has 2 aliphatic rings. The number of anilines is 1. The number of amidine groups is 1. The Morgan fingerprint density at radius 3 is 2.80 bits per heavy atom. The van der Waals surface area contributed by atoms with Gasteiger partial charge in [-0.25, -0.2) is 0 Å². The van der Waals surface area contributed by atoms with E-state index in [2.05, 4.69) is 53.3 Å². The van der Waals surface area contributed by atoms with Gasteiger partial charge >= 0.3 is 0 Å². The van der Waals surface area contributed by atoms with Crippen LogP contribution in [0.3, 0.4) is 0 Å². The molecule has 0 atom stereocenters. The summed E-state index contributed by atoms with van der Waals surface area (Å²) in [7, 11) is 0. The maximum Gasteiger partial charge on any atom is 0.161 e. The third-order valence-electron chi connectivity index (χ3n) is 4.45. The van der Waals surface area contributed by atoms with Crippen LogP contribution in [0, 0.1) is 12.8 Å². The van der Waals surface area contributed by atoms with E-state index in [-0.39, 0.29) is 5.54 Å². The lowest BCUT2D eigenvalue weighted by molar-refractivity contribution is 0.273. The quantitative estimate of drug-likeness (QED) is 0.748. The highest BCUT2D eigenvalue weighted by atomic mass is 79.9. The molecule has 1 fully saturated rings. The zero-order chi connectivity index (χ0) is 14.2. The van der Waals surface area contributed by atoms with Crippen LogP contribution >= 0.6 is 27.7 Å². The number of rotatable bonds is 1. The predicted molar refractivity (Wildman–Crippen MR) is 92.8 cm³/mol. The number of aryl methyl sites for hydroxylation is 1. The van der Waals surface area contributed by atoms with Gasteiger partial charge in [-0.1, -0.05) is 34.6 Å². The fourth-order valence-corrected chi connectivity index (χ4v) is 4.66. The SMILES string of the molecule is Cc1cc(Br)ccc1NC1=NC2(CCC(C)CC2)CS1. The Kier molecular flexibility index (Phi) is 4.14. The zero-order valence-electron chi connectivity index (χ0n) is 12.1. The molecule has 4 heteroatoms. The van der Waals surface area contributed by atoms with E-state index >= 15 is 0 Å². The molecule has 1 N–H and O–H groups in total. The Hall–Kier alpha value is -0.480. The second kappa shape index (κ2) is 5.72. The molecule has 0 unspecified atom stereocenters. The molecule has 0 radical (unpaired) electrons. The molecule has 0 saturated heterocycles. The number of hydrogen-bond donors (Lipinski definition) is 1. The summed E-state index contributed by atoms with van der Waals surface area (Å²) in [5, 5.41) is 4.61. The minimum atomic E-state index is 0.225. The van der Waals surface area contributed by atoms with Gasteiger partial charge in [-0.3, -0.25) is 4.99 Å². The smallest absolute Gasteiger partial charge is 0.161 e. The van der Waals surface area contributed by atoms with Crippen molar-refractivity contribution in [2.24, 2.45) is 10.9 Å². The summed E-state index contributed by atoms with van der Waals surface area (Å²) in [6.07, 6.45) is 5.17. The third kappa shape index (κ3) is 3.06. The van der Waals surface area contributed by atoms with E-state index in [9.17, 15) is 0 Å². The van der Waals surface area contributed by atoms with Crippen molar-refractivity contribution in [3.63, 3.8) is 0 Å². The molecular formula is C16H21BrN2S. The Morgan fingerprint density at radius 1 is 1.35 bits per heavy atom. The molecule has 108 valence electrons. The van der Waals surface area contributed by atoms with E-state index in [1.165, 1.54) is 36.9 Å². The maximum absolute atomic E-state index is 5.03. The molecule has 1 aliphatic heterocycles. The molecule has 1 heterocycles. The lowest BCUT2D eigenvalue weighted by Crippen LogP contribution is -2.32. The highest BCUT2D eigenvalue weighted by molar-refractivity contribution is 9.10. The molecule has 0 amide bonds. The first-order valence-electron chi connectivity index (χ1n) is 7.32. The van der Waals surface area contributed by atoms with Crippen LogP contribution in [-0.4, -0.2) is 16.5 Å². The lowest BCUT2D eigenvalue weighted by atomic mass is 9.79. The van der Waals surface area contributed by atoms with Crippen LogP contribution in [0.4, 0.5) is 5.69 Å². The van der Waals surface area contributed by atoms with E-state index in [4.69, 9.17) is 4.99 Å². The fraction of sp³-hybridized carbons (Fsp3) is 0.562. The highest BCUT2D eigenvalue weighted by Crippen LogP contribution is 2.41. The number of halogens is 1. The van der Waals surface area contributed by atoms with Gasteiger partial charge in [0.1, 0.15) is 0 Å². The Bertz CT molecular complexity index is 533. The first kappa shape index (κ1) is 14.5. The van der Waals surface area contributed by atoms with Crippen molar-refractivity contribution in [3.8, 4) is 0 Å². The average Bonchev–Trinajstić information content (AvgIpc) is 2.80. The molecule has 2 nitrogen and oxygen atoms in total. The Labute approximate surface area is 134 Å². The van der Waals surface area contributed by atoms with Crippen LogP contribution in [0.25, 0.3) is 0 Å². The standard InChI is InChI=1S/C16H21BrN2S/c1-11-5-7-16(8-6-11)10-20-15(19-16)18-14-4-3-13(17)9-12(14)2/h3-4,9,11H,5-8,10H2,1-2H3,(H,18,19). The predicted octanol–water partition coefficient (Wildman–Crippen LogP) is 5.22. The third-order valence-corrected chi connectivity index (χ3v) is 6.09. The number of hydrogen-bond acceptors (Lipinski definition) is 3. The van der Waals surface area contributed by atoms with Gasteiger partial charge in [0.2, 0.25) is 0 Å². The molecule has 1 spiro atoms. The van der Waals surface area contributed by atoms with Crippen LogP contribution in [0.2, 0.25) is 0 Å². The summed E-state index contributed by atoms with van der Waals surface area (Å²) < 4.78 is 1.12. The van der Waals surface area contributed by atoms with Crippen LogP contribution in [0.15, 0.2) is 27.7 Å². The van der Waals surface area contributed by atoms with Gasteiger partial charge in [0, 0.05) is 15.9 Å². The second-order valence-electron chi connectivity index (χ2n) is 6.20. The van der Waals surface area contributed by atoms with Gasteiger partial charge in [-0.2, -0.15) is 0 Å². The number of nitrogens with one attached hydrogen (secondary N) is 1. The van der Waals surface area contributed by atoms with E-state index < -0.39 is 0 Å². The Morgan fingerprint density at radius 2 is 2.10 bits per heavy atom. The molecule has 1 aromatic rings. The fourth-order valence-electron chi connectivity index (χ4n) is 2.98. The Balaban J connectivity index is 1.72. The summed E-state index contributed by atoms with van der Waals surface area (Å²) in [6, 6.07) is 6.34. The lowest BCUT2D eigenvalue weighted by Gasteiger charge is -2.32. The maximum atomic E-state index is 5.03. The monoisotopic (exact) mass is 352 g/mol. The van der Waals surface area contributed by atoms with Crippen LogP contribution < -0.4 is 5.32 Å². The van der Waals surface area contributed by atoms with E-state index in [1.807, 2.05) is 11.8 Å². The van der Waals surface area contributed by atoms with Gasteiger partial charge in [0.15, 0.2) is 5.17 Å². The largest absolute Gasteiger partial charge is 0.335 e. The number of thioether (sulfide) groups is 1. The van der Waals surface area contributed by atoms with Crippen molar-refractivity contribution in [2.45, 2.75) is 45.1 Å². The first-order chi connectivity index (χ1) is 9.56.